The number of hydrogen-bond acceptors (Lipinski definition) is 2. The van der Waals surface area contributed by atoms with Crippen molar-refractivity contribution in [1.29, 1.82) is 5.26 Å². The lowest BCUT2D eigenvalue weighted by atomic mass is 9.89. The second-order valence-corrected chi connectivity index (χ2v) is 3.76. The summed E-state index contributed by atoms with van der Waals surface area (Å²) in [7, 11) is 0. The Kier molecular flexibility index (Phi) is 2.17. The van der Waals surface area contributed by atoms with Gasteiger partial charge in [0.25, 0.3) is 0 Å². The summed E-state index contributed by atoms with van der Waals surface area (Å²) in [6, 6.07) is 6.46. The molecule has 0 spiro atoms. The molecule has 0 fully saturated rings. The standard InChI is InChI=1S/C12H13NO/c1-8-3-4-9(2)12-11(8)10(7-13)5-6-14-12/h3-4,10H,5-6H2,1-2H3. The predicted molar refractivity (Wildman–Crippen MR) is 54.4 cm³/mol. The summed E-state index contributed by atoms with van der Waals surface area (Å²) in [4.78, 5) is 0. The van der Waals surface area contributed by atoms with Crippen LogP contribution in [0.15, 0.2) is 12.1 Å². The third-order valence-corrected chi connectivity index (χ3v) is 2.77. The van der Waals surface area contributed by atoms with Gasteiger partial charge in [0.15, 0.2) is 0 Å². The van der Waals surface area contributed by atoms with Crippen molar-refractivity contribution in [1.82, 2.24) is 0 Å². The molecule has 1 aliphatic heterocycles. The molecule has 1 unspecified atom stereocenters. The summed E-state index contributed by atoms with van der Waals surface area (Å²) in [6.45, 7) is 4.73. The second kappa shape index (κ2) is 3.34. The smallest absolute Gasteiger partial charge is 0.126 e. The highest BCUT2D eigenvalue weighted by Crippen LogP contribution is 2.37. The summed E-state index contributed by atoms with van der Waals surface area (Å²) < 4.78 is 5.62. The van der Waals surface area contributed by atoms with Crippen LogP contribution < -0.4 is 4.74 Å². The first-order chi connectivity index (χ1) is 6.74. The fraction of sp³-hybridized carbons (Fsp3) is 0.417. The Labute approximate surface area is 84.1 Å². The van der Waals surface area contributed by atoms with Crippen molar-refractivity contribution in [2.24, 2.45) is 0 Å². The van der Waals surface area contributed by atoms with E-state index in [0.29, 0.717) is 6.61 Å². The first kappa shape index (κ1) is 9.08. The number of nitrogens with zero attached hydrogens (tertiary/aromatic N) is 1. The van der Waals surface area contributed by atoms with E-state index in [0.717, 1.165) is 28.9 Å². The fourth-order valence-corrected chi connectivity index (χ4v) is 1.98. The predicted octanol–water partition coefficient (Wildman–Crippen LogP) is 2.69. The number of nitriles is 1. The molecule has 1 aromatic carbocycles. The Morgan fingerprint density at radius 1 is 1.36 bits per heavy atom. The van der Waals surface area contributed by atoms with Crippen molar-refractivity contribution in [3.8, 4) is 11.8 Å². The maximum absolute atomic E-state index is 9.05. The van der Waals surface area contributed by atoms with Gasteiger partial charge < -0.3 is 4.74 Å². The second-order valence-electron chi connectivity index (χ2n) is 3.76. The van der Waals surface area contributed by atoms with Crippen LogP contribution in [0.5, 0.6) is 5.75 Å². The first-order valence-corrected chi connectivity index (χ1v) is 4.86. The minimum atomic E-state index is 0.0126. The summed E-state index contributed by atoms with van der Waals surface area (Å²) in [6.07, 6.45) is 0.813. The summed E-state index contributed by atoms with van der Waals surface area (Å²) in [5, 5.41) is 9.05. The molecule has 1 aromatic rings. The third kappa shape index (κ3) is 1.26. The van der Waals surface area contributed by atoms with Gasteiger partial charge >= 0.3 is 0 Å². The minimum Gasteiger partial charge on any atom is -0.493 e. The lowest BCUT2D eigenvalue weighted by molar-refractivity contribution is 0.277. The Balaban J connectivity index is 2.62. The molecule has 0 saturated carbocycles. The highest BCUT2D eigenvalue weighted by Gasteiger charge is 2.24. The molecule has 0 saturated heterocycles. The fourth-order valence-electron chi connectivity index (χ4n) is 1.98. The van der Waals surface area contributed by atoms with Gasteiger partial charge in [0, 0.05) is 12.0 Å². The van der Waals surface area contributed by atoms with E-state index in [4.69, 9.17) is 10.00 Å². The first-order valence-electron chi connectivity index (χ1n) is 4.86. The molecule has 14 heavy (non-hydrogen) atoms. The zero-order valence-corrected chi connectivity index (χ0v) is 8.50. The monoisotopic (exact) mass is 187 g/mol. The van der Waals surface area contributed by atoms with Crippen LogP contribution in [0.25, 0.3) is 0 Å². The summed E-state index contributed by atoms with van der Waals surface area (Å²) in [5.74, 6) is 0.946. The Morgan fingerprint density at radius 3 is 2.79 bits per heavy atom. The normalized spacial score (nSPS) is 19.4. The molecular weight excluding hydrogens is 174 g/mol. The van der Waals surface area contributed by atoms with E-state index in [1.54, 1.807) is 0 Å². The van der Waals surface area contributed by atoms with Crippen molar-refractivity contribution in [3.63, 3.8) is 0 Å². The molecule has 0 amide bonds. The van der Waals surface area contributed by atoms with Gasteiger partial charge in [0.2, 0.25) is 0 Å². The molecule has 2 heteroatoms. The van der Waals surface area contributed by atoms with Gasteiger partial charge in [-0.15, -0.1) is 0 Å². The van der Waals surface area contributed by atoms with Crippen molar-refractivity contribution < 1.29 is 4.74 Å². The van der Waals surface area contributed by atoms with E-state index >= 15 is 0 Å². The topological polar surface area (TPSA) is 33.0 Å². The number of fused-ring (bicyclic) bond motifs is 1. The van der Waals surface area contributed by atoms with E-state index in [1.807, 2.05) is 19.9 Å². The van der Waals surface area contributed by atoms with Crippen molar-refractivity contribution in [2.75, 3.05) is 6.61 Å². The number of aryl methyl sites for hydroxylation is 2. The van der Waals surface area contributed by atoms with E-state index in [9.17, 15) is 0 Å². The van der Waals surface area contributed by atoms with E-state index in [-0.39, 0.29) is 5.92 Å². The molecule has 0 aliphatic carbocycles. The molecular formula is C12H13NO. The Bertz CT molecular complexity index is 404. The highest BCUT2D eigenvalue weighted by molar-refractivity contribution is 5.50. The van der Waals surface area contributed by atoms with Gasteiger partial charge in [0.05, 0.1) is 18.6 Å². The maximum atomic E-state index is 9.05. The van der Waals surface area contributed by atoms with Gasteiger partial charge in [-0.3, -0.25) is 0 Å². The molecule has 0 radical (unpaired) electrons. The Hall–Kier alpha value is -1.49. The maximum Gasteiger partial charge on any atom is 0.126 e. The van der Waals surface area contributed by atoms with E-state index in [2.05, 4.69) is 12.1 Å². The molecule has 1 atom stereocenters. The van der Waals surface area contributed by atoms with Gasteiger partial charge in [-0.25, -0.2) is 0 Å². The van der Waals surface area contributed by atoms with Crippen molar-refractivity contribution in [3.05, 3.63) is 28.8 Å². The number of ether oxygens (including phenoxy) is 1. The zero-order chi connectivity index (χ0) is 10.1. The minimum absolute atomic E-state index is 0.0126. The van der Waals surface area contributed by atoms with Crippen LogP contribution in [-0.2, 0) is 0 Å². The molecule has 2 rings (SSSR count). The lowest BCUT2D eigenvalue weighted by Crippen LogP contribution is -2.15. The van der Waals surface area contributed by atoms with Crippen LogP contribution in [0.3, 0.4) is 0 Å². The lowest BCUT2D eigenvalue weighted by Gasteiger charge is -2.24. The molecule has 72 valence electrons. The molecule has 0 N–H and O–H groups in total. The van der Waals surface area contributed by atoms with Gasteiger partial charge in [-0.1, -0.05) is 12.1 Å². The molecule has 0 aromatic heterocycles. The number of rotatable bonds is 0. The number of benzene rings is 1. The summed E-state index contributed by atoms with van der Waals surface area (Å²) >= 11 is 0. The van der Waals surface area contributed by atoms with Crippen LogP contribution in [0.1, 0.15) is 29.0 Å². The Morgan fingerprint density at radius 2 is 2.07 bits per heavy atom. The zero-order valence-electron chi connectivity index (χ0n) is 8.50. The summed E-state index contributed by atoms with van der Waals surface area (Å²) in [5.41, 5.74) is 3.39. The largest absolute Gasteiger partial charge is 0.493 e. The average Bonchev–Trinajstić information content (AvgIpc) is 2.23. The van der Waals surface area contributed by atoms with Crippen LogP contribution in [0.4, 0.5) is 0 Å². The molecule has 1 heterocycles. The highest BCUT2D eigenvalue weighted by atomic mass is 16.5. The van der Waals surface area contributed by atoms with Crippen LogP contribution in [-0.4, -0.2) is 6.61 Å². The number of hydrogen-bond donors (Lipinski definition) is 0. The van der Waals surface area contributed by atoms with E-state index in [1.165, 1.54) is 0 Å². The van der Waals surface area contributed by atoms with Gasteiger partial charge in [-0.05, 0) is 25.0 Å². The quantitative estimate of drug-likeness (QED) is 0.625. The molecule has 2 nitrogen and oxygen atoms in total. The van der Waals surface area contributed by atoms with Crippen molar-refractivity contribution >= 4 is 0 Å². The molecule has 0 bridgehead atoms. The van der Waals surface area contributed by atoms with Crippen LogP contribution >= 0.6 is 0 Å². The van der Waals surface area contributed by atoms with Gasteiger partial charge in [-0.2, -0.15) is 5.26 Å². The van der Waals surface area contributed by atoms with Crippen molar-refractivity contribution in [2.45, 2.75) is 26.2 Å². The SMILES string of the molecule is Cc1ccc(C)c2c1OCCC2C#N. The average molecular weight is 187 g/mol. The third-order valence-electron chi connectivity index (χ3n) is 2.77. The van der Waals surface area contributed by atoms with Crippen LogP contribution in [0, 0.1) is 25.2 Å². The molecule has 1 aliphatic rings. The van der Waals surface area contributed by atoms with Gasteiger partial charge in [0.1, 0.15) is 5.75 Å². The van der Waals surface area contributed by atoms with Crippen LogP contribution in [0.2, 0.25) is 0 Å². The van der Waals surface area contributed by atoms with E-state index < -0.39 is 0 Å².